The number of carbonyl (C=O) groups is 1. The van der Waals surface area contributed by atoms with Crippen molar-refractivity contribution < 1.29 is 14.3 Å². The number of aliphatic hydroxyl groups excluding tert-OH is 1. The lowest BCUT2D eigenvalue weighted by atomic mass is 10.0. The van der Waals surface area contributed by atoms with Crippen molar-refractivity contribution in [1.82, 2.24) is 15.5 Å². The molecule has 0 aliphatic rings. The highest BCUT2D eigenvalue weighted by Crippen LogP contribution is 2.15. The third-order valence-electron chi connectivity index (χ3n) is 3.61. The highest BCUT2D eigenvalue weighted by molar-refractivity contribution is 5.73. The van der Waals surface area contributed by atoms with Crippen LogP contribution in [0.3, 0.4) is 0 Å². The molecule has 0 spiro atoms. The van der Waals surface area contributed by atoms with Crippen LogP contribution < -0.4 is 10.6 Å². The summed E-state index contributed by atoms with van der Waals surface area (Å²) in [5, 5.41) is 15.1. The van der Waals surface area contributed by atoms with Gasteiger partial charge in [-0.1, -0.05) is 18.2 Å². The van der Waals surface area contributed by atoms with Crippen LogP contribution in [0, 0.1) is 5.82 Å². The van der Waals surface area contributed by atoms with E-state index in [-0.39, 0.29) is 23.7 Å². The quantitative estimate of drug-likeness (QED) is 0.745. The van der Waals surface area contributed by atoms with E-state index in [0.717, 1.165) is 0 Å². The molecule has 1 atom stereocenters. The number of likely N-dealkylation sites (N-methyl/N-ethyl adjacent to an activating group) is 1. The molecule has 118 valence electrons. The summed E-state index contributed by atoms with van der Waals surface area (Å²) >= 11 is 0. The molecule has 3 N–H and O–H groups in total. The zero-order chi connectivity index (χ0) is 16.0. The Balaban J connectivity index is 2.42. The van der Waals surface area contributed by atoms with Crippen molar-refractivity contribution in [2.75, 3.05) is 27.2 Å². The van der Waals surface area contributed by atoms with E-state index in [9.17, 15) is 14.3 Å². The summed E-state index contributed by atoms with van der Waals surface area (Å²) < 4.78 is 13.5. The zero-order valence-corrected chi connectivity index (χ0v) is 13.0. The lowest BCUT2D eigenvalue weighted by Crippen LogP contribution is -2.50. The molecule has 2 amide bonds. The van der Waals surface area contributed by atoms with Gasteiger partial charge in [0.15, 0.2) is 0 Å². The first-order valence-corrected chi connectivity index (χ1v) is 6.85. The Kier molecular flexibility index (Phi) is 6.11. The predicted molar refractivity (Wildman–Crippen MR) is 80.5 cm³/mol. The average Bonchev–Trinajstić information content (AvgIpc) is 2.43. The maximum Gasteiger partial charge on any atom is 0.314 e. The van der Waals surface area contributed by atoms with Crippen molar-refractivity contribution in [1.29, 1.82) is 0 Å². The molecule has 0 aliphatic heterocycles. The number of amides is 2. The Bertz CT molecular complexity index is 478. The molecule has 1 unspecified atom stereocenters. The first-order valence-electron chi connectivity index (χ1n) is 6.85. The standard InChI is InChI=1S/C15H24FN3O2/c1-15(2,19(3)4)10-18-14(21)17-9-13(20)11-7-5-6-8-12(11)16/h5-8,13,20H,9-10H2,1-4H3,(H2,17,18,21). The number of hydrogen-bond acceptors (Lipinski definition) is 3. The smallest absolute Gasteiger partial charge is 0.314 e. The minimum absolute atomic E-state index is 0.0465. The maximum absolute atomic E-state index is 13.5. The summed E-state index contributed by atoms with van der Waals surface area (Å²) in [5.74, 6) is -0.485. The summed E-state index contributed by atoms with van der Waals surface area (Å²) in [6, 6.07) is 5.57. The van der Waals surface area contributed by atoms with Gasteiger partial charge in [-0.05, 0) is 34.0 Å². The highest BCUT2D eigenvalue weighted by Gasteiger charge is 2.21. The van der Waals surface area contributed by atoms with Crippen molar-refractivity contribution in [3.05, 3.63) is 35.6 Å². The van der Waals surface area contributed by atoms with Crippen LogP contribution in [-0.2, 0) is 0 Å². The molecule has 6 heteroatoms. The van der Waals surface area contributed by atoms with E-state index in [0.29, 0.717) is 6.54 Å². The van der Waals surface area contributed by atoms with E-state index in [1.54, 1.807) is 12.1 Å². The largest absolute Gasteiger partial charge is 0.386 e. The second kappa shape index (κ2) is 7.38. The Labute approximate surface area is 125 Å². The minimum Gasteiger partial charge on any atom is -0.386 e. The Morgan fingerprint density at radius 2 is 1.95 bits per heavy atom. The number of aliphatic hydroxyl groups is 1. The normalized spacial score (nSPS) is 13.1. The maximum atomic E-state index is 13.5. The van der Waals surface area contributed by atoms with Gasteiger partial charge in [0.1, 0.15) is 5.82 Å². The van der Waals surface area contributed by atoms with Gasteiger partial charge in [0.05, 0.1) is 6.10 Å². The zero-order valence-electron chi connectivity index (χ0n) is 13.0. The first-order chi connectivity index (χ1) is 9.74. The number of halogens is 1. The predicted octanol–water partition coefficient (Wildman–Crippen LogP) is 1.50. The molecule has 1 rings (SSSR count). The number of urea groups is 1. The van der Waals surface area contributed by atoms with Crippen LogP contribution >= 0.6 is 0 Å². The van der Waals surface area contributed by atoms with Crippen LogP contribution in [0.1, 0.15) is 25.5 Å². The molecule has 0 bridgehead atoms. The molecule has 0 fully saturated rings. The van der Waals surface area contributed by atoms with E-state index < -0.39 is 11.9 Å². The van der Waals surface area contributed by atoms with E-state index in [2.05, 4.69) is 10.6 Å². The molecule has 0 aromatic heterocycles. The van der Waals surface area contributed by atoms with E-state index in [4.69, 9.17) is 0 Å². The molecule has 0 radical (unpaired) electrons. The van der Waals surface area contributed by atoms with Gasteiger partial charge in [0.25, 0.3) is 0 Å². The van der Waals surface area contributed by atoms with Crippen LogP contribution in [0.2, 0.25) is 0 Å². The van der Waals surface area contributed by atoms with Gasteiger partial charge in [-0.25, -0.2) is 9.18 Å². The summed E-state index contributed by atoms with van der Waals surface area (Å²) in [5.41, 5.74) is -0.00646. The Hall–Kier alpha value is -1.66. The summed E-state index contributed by atoms with van der Waals surface area (Å²) in [7, 11) is 3.86. The number of carbonyl (C=O) groups excluding carboxylic acids is 1. The molecule has 1 aromatic rings. The fourth-order valence-corrected chi connectivity index (χ4v) is 1.56. The number of hydrogen-bond donors (Lipinski definition) is 3. The summed E-state index contributed by atoms with van der Waals surface area (Å²) in [4.78, 5) is 13.7. The second-order valence-corrected chi connectivity index (χ2v) is 5.81. The van der Waals surface area contributed by atoms with E-state index in [1.165, 1.54) is 12.1 Å². The summed E-state index contributed by atoms with van der Waals surface area (Å²) in [6.07, 6.45) is -1.07. The lowest BCUT2D eigenvalue weighted by Gasteiger charge is -2.32. The van der Waals surface area contributed by atoms with Crippen LogP contribution in [-0.4, -0.2) is 48.8 Å². The van der Waals surface area contributed by atoms with Gasteiger partial charge < -0.3 is 20.6 Å². The van der Waals surface area contributed by atoms with E-state index >= 15 is 0 Å². The van der Waals surface area contributed by atoms with Gasteiger partial charge >= 0.3 is 6.03 Å². The Morgan fingerprint density at radius 1 is 1.33 bits per heavy atom. The van der Waals surface area contributed by atoms with Crippen LogP contribution in [0.15, 0.2) is 24.3 Å². The van der Waals surface area contributed by atoms with Crippen LogP contribution in [0.25, 0.3) is 0 Å². The first kappa shape index (κ1) is 17.4. The van der Waals surface area contributed by atoms with Crippen molar-refractivity contribution in [2.24, 2.45) is 0 Å². The molecule has 0 saturated carbocycles. The third-order valence-corrected chi connectivity index (χ3v) is 3.61. The van der Waals surface area contributed by atoms with Gasteiger partial charge in [-0.2, -0.15) is 0 Å². The lowest BCUT2D eigenvalue weighted by molar-refractivity contribution is 0.164. The molecular weight excluding hydrogens is 273 g/mol. The molecule has 1 aromatic carbocycles. The fraction of sp³-hybridized carbons (Fsp3) is 0.533. The number of nitrogens with one attached hydrogen (secondary N) is 2. The van der Waals surface area contributed by atoms with Crippen molar-refractivity contribution in [3.63, 3.8) is 0 Å². The molecular formula is C15H24FN3O2. The van der Waals surface area contributed by atoms with Gasteiger partial charge in [0, 0.05) is 24.2 Å². The van der Waals surface area contributed by atoms with Crippen LogP contribution in [0.4, 0.5) is 9.18 Å². The highest BCUT2D eigenvalue weighted by atomic mass is 19.1. The minimum atomic E-state index is -1.07. The number of benzene rings is 1. The van der Waals surface area contributed by atoms with Crippen molar-refractivity contribution in [2.45, 2.75) is 25.5 Å². The molecule has 0 aliphatic carbocycles. The Morgan fingerprint density at radius 3 is 2.52 bits per heavy atom. The van der Waals surface area contributed by atoms with Gasteiger partial charge in [-0.15, -0.1) is 0 Å². The van der Waals surface area contributed by atoms with Crippen LogP contribution in [0.5, 0.6) is 0 Å². The number of nitrogens with zero attached hydrogens (tertiary/aromatic N) is 1. The van der Waals surface area contributed by atoms with Gasteiger partial charge in [0.2, 0.25) is 0 Å². The fourth-order valence-electron chi connectivity index (χ4n) is 1.56. The number of rotatable bonds is 6. The average molecular weight is 297 g/mol. The molecule has 21 heavy (non-hydrogen) atoms. The molecule has 0 saturated heterocycles. The monoisotopic (exact) mass is 297 g/mol. The van der Waals surface area contributed by atoms with Crippen molar-refractivity contribution >= 4 is 6.03 Å². The molecule has 5 nitrogen and oxygen atoms in total. The third kappa shape index (κ3) is 5.32. The topological polar surface area (TPSA) is 64.6 Å². The van der Waals surface area contributed by atoms with Gasteiger partial charge in [-0.3, -0.25) is 0 Å². The second-order valence-electron chi connectivity index (χ2n) is 5.81. The SMILES string of the molecule is CN(C)C(C)(C)CNC(=O)NCC(O)c1ccccc1F. The summed E-state index contributed by atoms with van der Waals surface area (Å²) in [6.45, 7) is 4.42. The van der Waals surface area contributed by atoms with E-state index in [1.807, 2.05) is 32.8 Å². The van der Waals surface area contributed by atoms with Crippen molar-refractivity contribution in [3.8, 4) is 0 Å². The molecule has 0 heterocycles.